The first-order valence-corrected chi connectivity index (χ1v) is 4.47. The van der Waals surface area contributed by atoms with Crippen LogP contribution in [0.15, 0.2) is 11.4 Å². The average Bonchev–Trinajstić information content (AvgIpc) is 2.50. The number of aliphatic carboxylic acids is 1. The Balaban J connectivity index is 2.72. The lowest BCUT2D eigenvalue weighted by molar-refractivity contribution is -0.137. The smallest absolute Gasteiger partial charge is 0.305 e. The van der Waals surface area contributed by atoms with Crippen LogP contribution in [-0.2, 0) is 4.79 Å². The maximum Gasteiger partial charge on any atom is 0.305 e. The van der Waals surface area contributed by atoms with Gasteiger partial charge in [-0.3, -0.25) is 4.79 Å². The largest absolute Gasteiger partial charge is 0.481 e. The molecule has 0 fully saturated rings. The number of hydrogen-bond acceptors (Lipinski definition) is 4. The van der Waals surface area contributed by atoms with Gasteiger partial charge >= 0.3 is 5.97 Å². The number of hydrogen-bond donors (Lipinski definition) is 2. The summed E-state index contributed by atoms with van der Waals surface area (Å²) in [5, 5.41) is 18.6. The topological polar surface area (TPSA) is 87.1 Å². The van der Waals surface area contributed by atoms with E-state index in [4.69, 9.17) is 16.1 Å². The van der Waals surface area contributed by atoms with Crippen molar-refractivity contribution in [1.29, 1.82) is 5.26 Å². The predicted molar refractivity (Wildman–Crippen MR) is 48.2 cm³/mol. The van der Waals surface area contributed by atoms with E-state index in [2.05, 4.69) is 0 Å². The summed E-state index contributed by atoms with van der Waals surface area (Å²) in [6.07, 6.45) is -0.106. The lowest BCUT2D eigenvalue weighted by Gasteiger charge is -2.04. The van der Waals surface area contributed by atoms with E-state index < -0.39 is 12.0 Å². The Morgan fingerprint density at radius 3 is 3.00 bits per heavy atom. The van der Waals surface area contributed by atoms with Gasteiger partial charge in [0.05, 0.1) is 12.0 Å². The van der Waals surface area contributed by atoms with E-state index in [9.17, 15) is 4.79 Å². The molecule has 4 nitrogen and oxygen atoms in total. The molecule has 1 aromatic rings. The summed E-state index contributed by atoms with van der Waals surface area (Å²) in [5.74, 6) is -0.931. The van der Waals surface area contributed by atoms with Crippen molar-refractivity contribution in [3.8, 4) is 6.07 Å². The molecule has 0 aliphatic heterocycles. The summed E-state index contributed by atoms with van der Waals surface area (Å²) in [6.45, 7) is 0. The Labute approximate surface area is 79.2 Å². The third kappa shape index (κ3) is 2.54. The van der Waals surface area contributed by atoms with Crippen molar-refractivity contribution in [3.63, 3.8) is 0 Å². The monoisotopic (exact) mass is 196 g/mol. The highest BCUT2D eigenvalue weighted by molar-refractivity contribution is 7.10. The third-order valence-electron chi connectivity index (χ3n) is 1.51. The Bertz CT molecular complexity index is 353. The van der Waals surface area contributed by atoms with Crippen LogP contribution in [0.1, 0.15) is 22.9 Å². The minimum Gasteiger partial charge on any atom is -0.481 e. The molecule has 0 radical (unpaired) electrons. The van der Waals surface area contributed by atoms with Crippen LogP contribution in [0.3, 0.4) is 0 Å². The van der Waals surface area contributed by atoms with E-state index in [-0.39, 0.29) is 6.42 Å². The number of nitrogens with two attached hydrogens (primary N) is 1. The zero-order valence-electron chi connectivity index (χ0n) is 6.73. The molecular weight excluding hydrogens is 188 g/mol. The van der Waals surface area contributed by atoms with Crippen molar-refractivity contribution in [2.24, 2.45) is 5.73 Å². The molecule has 68 valence electrons. The standard InChI is InChI=1S/C8H8N2O2S/c9-3-5-1-7(13-4-5)6(10)2-8(11)12/h1,4,6H,2,10H2,(H,11,12). The fraction of sp³-hybridized carbons (Fsp3) is 0.250. The van der Waals surface area contributed by atoms with Crippen LogP contribution in [0.25, 0.3) is 0 Å². The van der Waals surface area contributed by atoms with E-state index in [0.29, 0.717) is 5.56 Å². The van der Waals surface area contributed by atoms with Crippen LogP contribution in [0.2, 0.25) is 0 Å². The van der Waals surface area contributed by atoms with Gasteiger partial charge in [0.1, 0.15) is 6.07 Å². The van der Waals surface area contributed by atoms with Gasteiger partial charge in [-0.05, 0) is 6.07 Å². The van der Waals surface area contributed by atoms with Gasteiger partial charge in [-0.25, -0.2) is 0 Å². The van der Waals surface area contributed by atoms with Gasteiger partial charge < -0.3 is 10.8 Å². The number of carboxylic acid groups (broad SMARTS) is 1. The SMILES string of the molecule is N#Cc1csc(C(N)CC(=O)O)c1. The van der Waals surface area contributed by atoms with E-state index in [0.717, 1.165) is 4.88 Å². The van der Waals surface area contributed by atoms with Crippen molar-refractivity contribution >= 4 is 17.3 Å². The van der Waals surface area contributed by atoms with E-state index in [1.54, 1.807) is 11.4 Å². The molecule has 5 heteroatoms. The molecular formula is C8H8N2O2S. The van der Waals surface area contributed by atoms with Crippen LogP contribution in [-0.4, -0.2) is 11.1 Å². The van der Waals surface area contributed by atoms with Crippen molar-refractivity contribution in [2.45, 2.75) is 12.5 Å². The number of nitrogens with zero attached hydrogens (tertiary/aromatic N) is 1. The molecule has 0 aliphatic rings. The Morgan fingerprint density at radius 2 is 2.54 bits per heavy atom. The van der Waals surface area contributed by atoms with Gasteiger partial charge in [0.2, 0.25) is 0 Å². The van der Waals surface area contributed by atoms with Gasteiger partial charge in [0, 0.05) is 16.3 Å². The predicted octanol–water partition coefficient (Wildman–Crippen LogP) is 1.09. The maximum absolute atomic E-state index is 10.3. The Kier molecular flexibility index (Phi) is 3.01. The van der Waals surface area contributed by atoms with Crippen LogP contribution < -0.4 is 5.73 Å². The molecule has 1 aromatic heterocycles. The quantitative estimate of drug-likeness (QED) is 0.757. The zero-order chi connectivity index (χ0) is 9.84. The van der Waals surface area contributed by atoms with E-state index >= 15 is 0 Å². The lowest BCUT2D eigenvalue weighted by Crippen LogP contribution is -2.13. The highest BCUT2D eigenvalue weighted by Crippen LogP contribution is 2.22. The highest BCUT2D eigenvalue weighted by atomic mass is 32.1. The molecule has 0 saturated heterocycles. The second-order valence-corrected chi connectivity index (χ2v) is 3.50. The molecule has 0 aliphatic carbocycles. The first-order chi connectivity index (χ1) is 6.13. The van der Waals surface area contributed by atoms with Crippen LogP contribution in [0, 0.1) is 11.3 Å². The maximum atomic E-state index is 10.3. The fourth-order valence-electron chi connectivity index (χ4n) is 0.895. The molecule has 0 spiro atoms. The first kappa shape index (κ1) is 9.71. The molecule has 0 amide bonds. The van der Waals surface area contributed by atoms with E-state index in [1.165, 1.54) is 11.3 Å². The van der Waals surface area contributed by atoms with Crippen molar-refractivity contribution < 1.29 is 9.90 Å². The van der Waals surface area contributed by atoms with Crippen LogP contribution in [0.4, 0.5) is 0 Å². The summed E-state index contributed by atoms with van der Waals surface area (Å²) in [6, 6.07) is 3.08. The molecule has 0 saturated carbocycles. The third-order valence-corrected chi connectivity index (χ3v) is 2.57. The zero-order valence-corrected chi connectivity index (χ0v) is 7.54. The molecule has 13 heavy (non-hydrogen) atoms. The number of carbonyl (C=O) groups is 1. The average molecular weight is 196 g/mol. The number of thiophene rings is 1. The molecule has 0 bridgehead atoms. The van der Waals surface area contributed by atoms with Crippen molar-refractivity contribution in [3.05, 3.63) is 21.9 Å². The fourth-order valence-corrected chi connectivity index (χ4v) is 1.73. The van der Waals surface area contributed by atoms with Crippen LogP contribution in [0.5, 0.6) is 0 Å². The van der Waals surface area contributed by atoms with Gasteiger partial charge in [0.15, 0.2) is 0 Å². The Hall–Kier alpha value is -1.38. The van der Waals surface area contributed by atoms with Crippen molar-refractivity contribution in [2.75, 3.05) is 0 Å². The molecule has 0 aromatic carbocycles. The number of nitriles is 1. The summed E-state index contributed by atoms with van der Waals surface area (Å²) in [5.41, 5.74) is 6.11. The first-order valence-electron chi connectivity index (χ1n) is 3.59. The summed E-state index contributed by atoms with van der Waals surface area (Å²) in [4.78, 5) is 11.1. The summed E-state index contributed by atoms with van der Waals surface area (Å²) >= 11 is 1.31. The molecule has 1 heterocycles. The highest BCUT2D eigenvalue weighted by Gasteiger charge is 2.12. The molecule has 1 rings (SSSR count). The van der Waals surface area contributed by atoms with Gasteiger partial charge in [-0.15, -0.1) is 11.3 Å². The molecule has 3 N–H and O–H groups in total. The molecule has 1 atom stereocenters. The Morgan fingerprint density at radius 1 is 1.85 bits per heavy atom. The summed E-state index contributed by atoms with van der Waals surface area (Å²) in [7, 11) is 0. The minimum absolute atomic E-state index is 0.106. The van der Waals surface area contributed by atoms with Gasteiger partial charge in [-0.1, -0.05) is 0 Å². The summed E-state index contributed by atoms with van der Waals surface area (Å²) < 4.78 is 0. The normalized spacial score (nSPS) is 12.0. The second kappa shape index (κ2) is 4.03. The van der Waals surface area contributed by atoms with Crippen LogP contribution >= 0.6 is 11.3 Å². The van der Waals surface area contributed by atoms with Crippen molar-refractivity contribution in [1.82, 2.24) is 0 Å². The second-order valence-electron chi connectivity index (χ2n) is 2.55. The molecule has 1 unspecified atom stereocenters. The number of rotatable bonds is 3. The number of carboxylic acids is 1. The minimum atomic E-state index is -0.931. The van der Waals surface area contributed by atoms with Gasteiger partial charge in [0.25, 0.3) is 0 Å². The lowest BCUT2D eigenvalue weighted by atomic mass is 10.2. The van der Waals surface area contributed by atoms with E-state index in [1.807, 2.05) is 6.07 Å². The van der Waals surface area contributed by atoms with Gasteiger partial charge in [-0.2, -0.15) is 5.26 Å².